The number of carbonyl (C=O) groups excluding carboxylic acids is 1. The molecule has 0 bridgehead atoms. The zero-order valence-electron chi connectivity index (χ0n) is 17.4. The first-order valence-electron chi connectivity index (χ1n) is 10.3. The zero-order chi connectivity index (χ0) is 21.3. The Labute approximate surface area is 187 Å². The van der Waals surface area contributed by atoms with E-state index in [1.165, 1.54) is 12.7 Å². The van der Waals surface area contributed by atoms with Crippen LogP contribution in [-0.4, -0.2) is 40.6 Å². The number of rotatable bonds is 5. The lowest BCUT2D eigenvalue weighted by atomic mass is 9.77. The molecule has 1 aromatic heterocycles. The zero-order valence-corrected chi connectivity index (χ0v) is 18.2. The molecule has 2 aliphatic rings. The molecule has 1 fully saturated rings. The van der Waals surface area contributed by atoms with Gasteiger partial charge in [-0.15, -0.1) is 12.4 Å². The summed E-state index contributed by atoms with van der Waals surface area (Å²) in [5.41, 5.74) is 9.03. The number of nitrogen functional groups attached to an aromatic ring is 1. The Kier molecular flexibility index (Phi) is 7.00. The van der Waals surface area contributed by atoms with Gasteiger partial charge in [-0.1, -0.05) is 12.1 Å². The molecule has 9 heteroatoms. The van der Waals surface area contributed by atoms with Crippen molar-refractivity contribution in [3.8, 4) is 6.01 Å². The van der Waals surface area contributed by atoms with Crippen LogP contribution in [0.1, 0.15) is 59.6 Å². The van der Waals surface area contributed by atoms with Crippen LogP contribution >= 0.6 is 12.4 Å². The molecule has 0 unspecified atom stereocenters. The summed E-state index contributed by atoms with van der Waals surface area (Å²) in [4.78, 5) is 34.0. The molecule has 0 atom stereocenters. The summed E-state index contributed by atoms with van der Waals surface area (Å²) in [7, 11) is 1.47. The highest BCUT2D eigenvalue weighted by Crippen LogP contribution is 2.38. The molecule has 1 aliphatic heterocycles. The van der Waals surface area contributed by atoms with Gasteiger partial charge in [0.2, 0.25) is 0 Å². The van der Waals surface area contributed by atoms with Crippen molar-refractivity contribution in [3.63, 3.8) is 0 Å². The molecule has 0 radical (unpaired) electrons. The van der Waals surface area contributed by atoms with Crippen molar-refractivity contribution in [2.45, 2.75) is 44.4 Å². The van der Waals surface area contributed by atoms with Crippen molar-refractivity contribution in [3.05, 3.63) is 41.1 Å². The molecule has 2 aromatic rings. The van der Waals surface area contributed by atoms with Crippen LogP contribution in [0.15, 0.2) is 24.3 Å². The molecular weight excluding hydrogens is 420 g/mol. The summed E-state index contributed by atoms with van der Waals surface area (Å²) in [6.45, 7) is 0.519. The van der Waals surface area contributed by atoms with E-state index in [0.717, 1.165) is 31.4 Å². The second kappa shape index (κ2) is 9.51. The molecular formula is C22H27ClN4O4. The Balaban J connectivity index is 0.00000272. The maximum absolute atomic E-state index is 13.0. The molecule has 0 spiro atoms. The molecule has 1 aromatic carbocycles. The van der Waals surface area contributed by atoms with Crippen molar-refractivity contribution in [1.29, 1.82) is 0 Å². The Hall–Kier alpha value is -2.87. The third-order valence-corrected chi connectivity index (χ3v) is 6.19. The summed E-state index contributed by atoms with van der Waals surface area (Å²) < 4.78 is 5.05. The van der Waals surface area contributed by atoms with Gasteiger partial charge in [0.15, 0.2) is 0 Å². The normalized spacial score (nSPS) is 20.5. The topological polar surface area (TPSA) is 119 Å². The van der Waals surface area contributed by atoms with Gasteiger partial charge in [-0.2, -0.15) is 9.97 Å². The maximum atomic E-state index is 13.0. The van der Waals surface area contributed by atoms with E-state index in [9.17, 15) is 9.59 Å². The molecule has 166 valence electrons. The van der Waals surface area contributed by atoms with Crippen LogP contribution in [-0.2, 0) is 11.2 Å². The third kappa shape index (κ3) is 4.74. The number of hydrogen-bond donors (Lipinski definition) is 2. The van der Waals surface area contributed by atoms with Crippen molar-refractivity contribution >= 4 is 35.8 Å². The number of anilines is 2. The second-order valence-electron chi connectivity index (χ2n) is 8.03. The van der Waals surface area contributed by atoms with Crippen LogP contribution in [0.25, 0.3) is 0 Å². The molecule has 0 saturated heterocycles. The average Bonchev–Trinajstić information content (AvgIpc) is 2.74. The van der Waals surface area contributed by atoms with Crippen LogP contribution in [0.4, 0.5) is 11.5 Å². The summed E-state index contributed by atoms with van der Waals surface area (Å²) >= 11 is 0. The predicted molar refractivity (Wildman–Crippen MR) is 119 cm³/mol. The Morgan fingerprint density at radius 1 is 1.19 bits per heavy atom. The summed E-state index contributed by atoms with van der Waals surface area (Å²) in [5.74, 6) is -0.0339. The number of nitrogens with two attached hydrogens (primary N) is 1. The van der Waals surface area contributed by atoms with E-state index >= 15 is 0 Å². The van der Waals surface area contributed by atoms with E-state index in [1.807, 2.05) is 12.1 Å². The summed E-state index contributed by atoms with van der Waals surface area (Å²) in [5, 5.41) is 8.97. The van der Waals surface area contributed by atoms with Crippen LogP contribution in [0, 0.1) is 5.92 Å². The molecule has 4 rings (SSSR count). The second-order valence-corrected chi connectivity index (χ2v) is 8.03. The lowest BCUT2D eigenvalue weighted by molar-refractivity contribution is -0.138. The van der Waals surface area contributed by atoms with Crippen LogP contribution < -0.4 is 15.4 Å². The van der Waals surface area contributed by atoms with Crippen molar-refractivity contribution in [2.24, 2.45) is 5.92 Å². The number of aliphatic carboxylic acids is 1. The number of nitrogens with zero attached hydrogens (tertiary/aromatic N) is 3. The fourth-order valence-corrected chi connectivity index (χ4v) is 4.58. The fourth-order valence-electron chi connectivity index (χ4n) is 4.58. The van der Waals surface area contributed by atoms with Gasteiger partial charge < -0.3 is 20.5 Å². The average molecular weight is 447 g/mol. The first-order valence-corrected chi connectivity index (χ1v) is 10.3. The number of methoxy groups -OCH3 is 1. The Morgan fingerprint density at radius 3 is 2.48 bits per heavy atom. The minimum atomic E-state index is -0.708. The third-order valence-electron chi connectivity index (χ3n) is 6.19. The highest BCUT2D eigenvalue weighted by Gasteiger charge is 2.30. The smallest absolute Gasteiger partial charge is 0.318 e. The monoisotopic (exact) mass is 446 g/mol. The predicted octanol–water partition coefficient (Wildman–Crippen LogP) is 3.44. The summed E-state index contributed by atoms with van der Waals surface area (Å²) in [6.07, 6.45) is 4.75. The summed E-state index contributed by atoms with van der Waals surface area (Å²) in [6, 6.07) is 8.28. The van der Waals surface area contributed by atoms with Gasteiger partial charge in [-0.3, -0.25) is 9.59 Å². The number of halogens is 1. The van der Waals surface area contributed by atoms with Gasteiger partial charge in [0.05, 0.1) is 12.8 Å². The molecule has 1 amide bonds. The lowest BCUT2D eigenvalue weighted by Gasteiger charge is -2.30. The quantitative estimate of drug-likeness (QED) is 0.721. The number of carboxylic acid groups (broad SMARTS) is 1. The Bertz CT molecular complexity index is 959. The number of hydrogen-bond acceptors (Lipinski definition) is 6. The first-order chi connectivity index (χ1) is 14.5. The van der Waals surface area contributed by atoms with E-state index in [1.54, 1.807) is 4.90 Å². The van der Waals surface area contributed by atoms with E-state index in [2.05, 4.69) is 22.1 Å². The highest BCUT2D eigenvalue weighted by molar-refractivity contribution is 6.10. The minimum absolute atomic E-state index is 0. The molecule has 1 saturated carbocycles. The van der Waals surface area contributed by atoms with Gasteiger partial charge in [0.1, 0.15) is 11.4 Å². The van der Waals surface area contributed by atoms with Gasteiger partial charge in [-0.25, -0.2) is 0 Å². The van der Waals surface area contributed by atoms with E-state index in [-0.39, 0.29) is 42.5 Å². The number of aromatic nitrogens is 2. The minimum Gasteiger partial charge on any atom is -0.481 e. The number of amides is 1. The van der Waals surface area contributed by atoms with E-state index in [0.29, 0.717) is 30.1 Å². The molecule has 31 heavy (non-hydrogen) atoms. The fraction of sp³-hybridized carbons (Fsp3) is 0.455. The van der Waals surface area contributed by atoms with Crippen molar-refractivity contribution in [2.75, 3.05) is 24.3 Å². The van der Waals surface area contributed by atoms with Gasteiger partial charge in [-0.05, 0) is 55.2 Å². The largest absolute Gasteiger partial charge is 0.481 e. The van der Waals surface area contributed by atoms with Crippen LogP contribution in [0.5, 0.6) is 6.01 Å². The molecule has 2 heterocycles. The lowest BCUT2D eigenvalue weighted by Crippen LogP contribution is -2.39. The molecule has 3 N–H and O–H groups in total. The standard InChI is InChI=1S/C22H26N4O4.ClH/c1-30-22-24-17-10-11-26(21(29)19(17)20(23)25-22)16-8-6-15(7-9-16)14-4-2-13(3-5-14)12-18(27)28;/h6-9,13-14H,2-5,10-12H2,1H3,(H,27,28)(H2,23,24,25);1H/t13-,14-;. The van der Waals surface area contributed by atoms with Gasteiger partial charge in [0.25, 0.3) is 5.91 Å². The maximum Gasteiger partial charge on any atom is 0.318 e. The van der Waals surface area contributed by atoms with E-state index in [4.69, 9.17) is 15.6 Å². The molecule has 8 nitrogen and oxygen atoms in total. The van der Waals surface area contributed by atoms with E-state index < -0.39 is 5.97 Å². The highest BCUT2D eigenvalue weighted by atomic mass is 35.5. The first kappa shape index (κ1) is 22.8. The number of fused-ring (bicyclic) bond motifs is 1. The number of carbonyl (C=O) groups is 2. The SMILES string of the molecule is COc1nc(N)c2c(n1)CCN(c1ccc([C@H]3CC[C@H](CC(=O)O)CC3)cc1)C2=O.Cl. The molecule has 1 aliphatic carbocycles. The Morgan fingerprint density at radius 2 is 1.87 bits per heavy atom. The van der Waals surface area contributed by atoms with Crippen molar-refractivity contribution < 1.29 is 19.4 Å². The van der Waals surface area contributed by atoms with Crippen LogP contribution in [0.2, 0.25) is 0 Å². The number of ether oxygens (including phenoxy) is 1. The van der Waals surface area contributed by atoms with Gasteiger partial charge in [0, 0.05) is 25.1 Å². The van der Waals surface area contributed by atoms with Crippen molar-refractivity contribution in [1.82, 2.24) is 9.97 Å². The van der Waals surface area contributed by atoms with Crippen LogP contribution in [0.3, 0.4) is 0 Å². The number of benzene rings is 1. The number of carboxylic acids is 1. The van der Waals surface area contributed by atoms with Gasteiger partial charge >= 0.3 is 12.0 Å².